The Balaban J connectivity index is 2.13. The van der Waals surface area contributed by atoms with Gasteiger partial charge in [0, 0.05) is 58.3 Å². The first-order valence-electron chi connectivity index (χ1n) is 10.1. The number of nitrogens with zero attached hydrogens (tertiary/aromatic N) is 1. The van der Waals surface area contributed by atoms with Gasteiger partial charge in [0.1, 0.15) is 11.9 Å². The van der Waals surface area contributed by atoms with E-state index in [0.717, 1.165) is 10.6 Å². The molecule has 176 valence electrons. The van der Waals surface area contributed by atoms with Crippen molar-refractivity contribution in [3.8, 4) is 5.75 Å². The molecule has 2 rings (SSSR count). The number of sulfonamides is 1. The highest BCUT2D eigenvalue weighted by Gasteiger charge is 2.53. The lowest BCUT2D eigenvalue weighted by atomic mass is 10.0. The van der Waals surface area contributed by atoms with E-state index in [1.165, 1.54) is 24.0 Å². The predicted octanol–water partition coefficient (Wildman–Crippen LogP) is 1.90. The van der Waals surface area contributed by atoms with Crippen molar-refractivity contribution in [3.63, 3.8) is 0 Å². The van der Waals surface area contributed by atoms with Gasteiger partial charge < -0.3 is 14.2 Å². The quantitative estimate of drug-likeness (QED) is 0.267. The summed E-state index contributed by atoms with van der Waals surface area (Å²) < 4.78 is 42.6. The molecule has 2 N–H and O–H groups in total. The van der Waals surface area contributed by atoms with Gasteiger partial charge in [-0.2, -0.15) is 0 Å². The Morgan fingerprint density at radius 3 is 2.16 bits per heavy atom. The first-order valence-corrected chi connectivity index (χ1v) is 12.7. The number of carbonyl (C=O) groups excluding carboxylic acids is 1. The fourth-order valence-electron chi connectivity index (χ4n) is 3.65. The lowest BCUT2D eigenvalue weighted by molar-refractivity contribution is -0.133. The molecule has 1 aliphatic rings. The molecule has 1 aliphatic heterocycles. The van der Waals surface area contributed by atoms with E-state index in [4.69, 9.17) is 14.2 Å². The van der Waals surface area contributed by atoms with E-state index >= 15 is 0 Å². The third kappa shape index (κ3) is 6.11. The zero-order valence-corrected chi connectivity index (χ0v) is 19.8. The molecule has 0 atom stereocenters. The minimum atomic E-state index is -4.10. The first kappa shape index (κ1) is 25.9. The fourth-order valence-corrected chi connectivity index (χ4v) is 6.20. The number of thioether (sulfide) groups is 1. The summed E-state index contributed by atoms with van der Waals surface area (Å²) in [4.78, 5) is 13.7. The second-order valence-electron chi connectivity index (χ2n) is 7.32. The molecule has 0 spiro atoms. The van der Waals surface area contributed by atoms with E-state index < -0.39 is 20.7 Å². The molecule has 1 heterocycles. The lowest BCUT2D eigenvalue weighted by Gasteiger charge is -2.39. The molecule has 1 fully saturated rings. The van der Waals surface area contributed by atoms with Gasteiger partial charge in [0.15, 0.2) is 4.75 Å². The molecule has 1 amide bonds. The van der Waals surface area contributed by atoms with Crippen molar-refractivity contribution in [2.24, 2.45) is 0 Å². The molecule has 9 nitrogen and oxygen atoms in total. The first-order chi connectivity index (χ1) is 14.8. The number of carbonyl (C=O) groups is 1. The van der Waals surface area contributed by atoms with Crippen LogP contribution >= 0.6 is 11.8 Å². The molecule has 0 aromatic heterocycles. The Hall–Kier alpha value is -1.37. The van der Waals surface area contributed by atoms with Crippen LogP contribution in [0.5, 0.6) is 5.75 Å². The van der Waals surface area contributed by atoms with Crippen LogP contribution in [0.15, 0.2) is 29.2 Å². The van der Waals surface area contributed by atoms with Gasteiger partial charge in [-0.25, -0.2) is 18.2 Å². The summed E-state index contributed by atoms with van der Waals surface area (Å²) in [5.41, 5.74) is 1.54. The Labute approximate surface area is 188 Å². The Morgan fingerprint density at radius 1 is 1.16 bits per heavy atom. The third-order valence-electron chi connectivity index (χ3n) is 5.53. The summed E-state index contributed by atoms with van der Waals surface area (Å²) in [6.07, 6.45) is 2.68. The summed E-state index contributed by atoms with van der Waals surface area (Å²) in [7, 11) is -1.24. The van der Waals surface area contributed by atoms with Gasteiger partial charge in [0.05, 0.1) is 0 Å². The average Bonchev–Trinajstić information content (AvgIpc) is 2.79. The van der Waals surface area contributed by atoms with E-state index in [1.807, 2.05) is 30.5 Å². The van der Waals surface area contributed by atoms with Crippen LogP contribution in [0.4, 0.5) is 0 Å². The molecule has 1 aromatic rings. The topological polar surface area (TPSA) is 114 Å². The van der Waals surface area contributed by atoms with E-state index in [-0.39, 0.29) is 45.2 Å². The Kier molecular flexibility index (Phi) is 10.0. The van der Waals surface area contributed by atoms with Crippen LogP contribution in [0.1, 0.15) is 25.7 Å². The van der Waals surface area contributed by atoms with Crippen LogP contribution in [0.3, 0.4) is 0 Å². The van der Waals surface area contributed by atoms with E-state index in [2.05, 4.69) is 0 Å². The fraction of sp³-hybridized carbons (Fsp3) is 0.650. The predicted molar refractivity (Wildman–Crippen MR) is 118 cm³/mol. The Morgan fingerprint density at radius 2 is 1.71 bits per heavy atom. The molecule has 0 bridgehead atoms. The van der Waals surface area contributed by atoms with Gasteiger partial charge in [-0.15, -0.1) is 11.8 Å². The van der Waals surface area contributed by atoms with Gasteiger partial charge in [-0.05, 0) is 43.4 Å². The van der Waals surface area contributed by atoms with Gasteiger partial charge >= 0.3 is 0 Å². The third-order valence-corrected chi connectivity index (χ3v) is 8.90. The highest BCUT2D eigenvalue weighted by atomic mass is 32.2. The van der Waals surface area contributed by atoms with Gasteiger partial charge in [0.2, 0.25) is 10.0 Å². The van der Waals surface area contributed by atoms with E-state index in [0.29, 0.717) is 12.8 Å². The summed E-state index contributed by atoms with van der Waals surface area (Å²) in [5, 5.41) is 9.29. The monoisotopic (exact) mass is 476 g/mol. The average molecular weight is 477 g/mol. The largest absolute Gasteiger partial charge is 0.490 e. The van der Waals surface area contributed by atoms with Crippen molar-refractivity contribution in [1.82, 2.24) is 9.79 Å². The van der Waals surface area contributed by atoms with Crippen LogP contribution in [0, 0.1) is 0 Å². The molecule has 1 aromatic carbocycles. The van der Waals surface area contributed by atoms with Crippen LogP contribution in [-0.2, 0) is 24.3 Å². The molecular formula is C20H32N2O7S2. The van der Waals surface area contributed by atoms with Crippen molar-refractivity contribution >= 4 is 27.7 Å². The number of rotatable bonds is 12. The molecule has 0 aliphatic carbocycles. The number of piperidine rings is 1. The summed E-state index contributed by atoms with van der Waals surface area (Å²) in [5.74, 6) is -0.234. The van der Waals surface area contributed by atoms with Crippen molar-refractivity contribution in [3.05, 3.63) is 24.3 Å². The molecule has 1 saturated heterocycles. The highest BCUT2D eigenvalue weighted by Crippen LogP contribution is 2.33. The standard InChI is InChI=1S/C20H32N2O7S2/c1-27-14-10-20(11-15-28-2,19(23)21-24)31(25,26)22-12-8-17(9-13-22)29-16-4-6-18(30-3)7-5-16/h4-7,17,24H,8-15H2,1-3H3,(H,21,23). The summed E-state index contributed by atoms with van der Waals surface area (Å²) in [6, 6.07) is 7.77. The number of nitrogens with one attached hydrogen (secondary N) is 1. The smallest absolute Gasteiger partial charge is 0.266 e. The van der Waals surface area contributed by atoms with Crippen LogP contribution in [-0.4, -0.2) is 81.5 Å². The number of amides is 1. The molecule has 0 radical (unpaired) electrons. The van der Waals surface area contributed by atoms with E-state index in [9.17, 15) is 18.4 Å². The van der Waals surface area contributed by atoms with E-state index in [1.54, 1.807) is 11.8 Å². The van der Waals surface area contributed by atoms with Crippen molar-refractivity contribution in [2.75, 3.05) is 46.8 Å². The lowest BCUT2D eigenvalue weighted by Crippen LogP contribution is -2.59. The molecule has 0 unspecified atom stereocenters. The van der Waals surface area contributed by atoms with Gasteiger partial charge in [-0.3, -0.25) is 10.0 Å². The zero-order valence-electron chi connectivity index (χ0n) is 18.2. The maximum atomic E-state index is 13.6. The second kappa shape index (κ2) is 12.0. The normalized spacial score (nSPS) is 16.3. The Bertz CT molecular complexity index is 786. The zero-order chi connectivity index (χ0) is 22.9. The minimum absolute atomic E-state index is 0.0436. The number of hydrogen-bond acceptors (Lipinski definition) is 8. The number of hydroxylamine groups is 1. The number of benzene rings is 1. The maximum Gasteiger partial charge on any atom is 0.266 e. The van der Waals surface area contributed by atoms with Crippen molar-refractivity contribution in [2.45, 2.75) is 41.4 Å². The number of methoxy groups -OCH3 is 2. The van der Waals surface area contributed by atoms with Crippen LogP contribution in [0.2, 0.25) is 0 Å². The summed E-state index contributed by atoms with van der Waals surface area (Å²) in [6.45, 7) is 0.524. The molecular weight excluding hydrogens is 444 g/mol. The summed E-state index contributed by atoms with van der Waals surface area (Å²) >= 11 is 1.65. The minimum Gasteiger partial charge on any atom is -0.490 e. The molecule has 31 heavy (non-hydrogen) atoms. The number of hydrogen-bond donors (Lipinski definition) is 2. The molecule has 0 saturated carbocycles. The highest BCUT2D eigenvalue weighted by molar-refractivity contribution is 7.98. The van der Waals surface area contributed by atoms with Crippen molar-refractivity contribution < 1.29 is 32.6 Å². The number of ether oxygens (including phenoxy) is 3. The van der Waals surface area contributed by atoms with Gasteiger partial charge in [-0.1, -0.05) is 0 Å². The second-order valence-corrected chi connectivity index (χ2v) is 10.4. The van der Waals surface area contributed by atoms with Crippen LogP contribution in [0.25, 0.3) is 0 Å². The van der Waals surface area contributed by atoms with Gasteiger partial charge in [0.25, 0.3) is 5.91 Å². The van der Waals surface area contributed by atoms with Crippen molar-refractivity contribution in [1.29, 1.82) is 0 Å². The molecule has 11 heteroatoms. The SMILES string of the molecule is COCCC(CCOC)(C(=O)NO)S(=O)(=O)N1CCC(Oc2ccc(SC)cc2)CC1. The maximum absolute atomic E-state index is 13.6. The van der Waals surface area contributed by atoms with Crippen LogP contribution < -0.4 is 10.2 Å².